The summed E-state index contributed by atoms with van der Waals surface area (Å²) in [5, 5.41) is 13.4. The van der Waals surface area contributed by atoms with Crippen LogP contribution in [0.4, 0.5) is 0 Å². The molecule has 1 aliphatic rings. The van der Waals surface area contributed by atoms with Crippen molar-refractivity contribution in [3.8, 4) is 11.5 Å². The van der Waals surface area contributed by atoms with Crippen LogP contribution in [0.15, 0.2) is 24.3 Å². The number of aliphatic hydroxyl groups excluding tert-OH is 1. The van der Waals surface area contributed by atoms with Gasteiger partial charge in [-0.2, -0.15) is 0 Å². The van der Waals surface area contributed by atoms with Gasteiger partial charge in [0.2, 0.25) is 0 Å². The Bertz CT molecular complexity index is 434. The molecule has 0 radical (unpaired) electrons. The van der Waals surface area contributed by atoms with Gasteiger partial charge in [0.05, 0.1) is 18.8 Å². The summed E-state index contributed by atoms with van der Waals surface area (Å²) in [6.07, 6.45) is 3.38. The van der Waals surface area contributed by atoms with E-state index in [1.807, 2.05) is 31.2 Å². The van der Waals surface area contributed by atoms with Gasteiger partial charge < -0.3 is 19.9 Å². The molecule has 1 aromatic rings. The van der Waals surface area contributed by atoms with Crippen molar-refractivity contribution < 1.29 is 14.6 Å². The summed E-state index contributed by atoms with van der Waals surface area (Å²) >= 11 is 0. The third kappa shape index (κ3) is 4.35. The van der Waals surface area contributed by atoms with Gasteiger partial charge in [-0.1, -0.05) is 13.0 Å². The molecule has 4 nitrogen and oxygen atoms in total. The molecule has 0 heterocycles. The maximum Gasteiger partial charge on any atom is 0.123 e. The van der Waals surface area contributed by atoms with Gasteiger partial charge in [-0.25, -0.2) is 0 Å². The monoisotopic (exact) mass is 293 g/mol. The molecule has 0 spiro atoms. The minimum atomic E-state index is -0.308. The summed E-state index contributed by atoms with van der Waals surface area (Å²) in [5.41, 5.74) is -0.308. The quantitative estimate of drug-likeness (QED) is 0.696. The van der Waals surface area contributed by atoms with Gasteiger partial charge in [-0.05, 0) is 50.8 Å². The van der Waals surface area contributed by atoms with Crippen LogP contribution < -0.4 is 14.8 Å². The molecule has 1 atom stereocenters. The third-order valence-electron chi connectivity index (χ3n) is 3.98. The fourth-order valence-electron chi connectivity index (χ4n) is 2.59. The average Bonchev–Trinajstić information content (AvgIpc) is 3.34. The second-order valence-electron chi connectivity index (χ2n) is 5.71. The van der Waals surface area contributed by atoms with E-state index in [1.165, 1.54) is 12.8 Å². The zero-order chi connectivity index (χ0) is 15.1. The zero-order valence-corrected chi connectivity index (χ0v) is 13.1. The SMILES string of the molecule is CCCNC(CO)(COc1cccc(OCC)c1)C1CC1. The molecule has 1 fully saturated rings. The summed E-state index contributed by atoms with van der Waals surface area (Å²) in [6, 6.07) is 7.68. The first-order valence-electron chi connectivity index (χ1n) is 7.95. The van der Waals surface area contributed by atoms with Crippen molar-refractivity contribution in [3.63, 3.8) is 0 Å². The molecule has 118 valence electrons. The van der Waals surface area contributed by atoms with Crippen LogP contribution in [-0.2, 0) is 0 Å². The highest BCUT2D eigenvalue weighted by molar-refractivity contribution is 5.33. The molecule has 1 aliphatic carbocycles. The zero-order valence-electron chi connectivity index (χ0n) is 13.1. The molecule has 4 heteroatoms. The Balaban J connectivity index is 1.99. The van der Waals surface area contributed by atoms with Gasteiger partial charge in [0, 0.05) is 6.07 Å². The Morgan fingerprint density at radius 1 is 1.24 bits per heavy atom. The van der Waals surface area contributed by atoms with E-state index in [4.69, 9.17) is 9.47 Å². The van der Waals surface area contributed by atoms with Crippen LogP contribution in [-0.4, -0.2) is 37.0 Å². The summed E-state index contributed by atoms with van der Waals surface area (Å²) in [5.74, 6) is 2.12. The van der Waals surface area contributed by atoms with E-state index in [9.17, 15) is 5.11 Å². The van der Waals surface area contributed by atoms with Crippen LogP contribution in [0.3, 0.4) is 0 Å². The predicted molar refractivity (Wildman–Crippen MR) is 83.9 cm³/mol. The van der Waals surface area contributed by atoms with Crippen LogP contribution >= 0.6 is 0 Å². The standard InChI is InChI=1S/C17H27NO3/c1-3-10-18-17(12-19,14-8-9-14)13-21-16-7-5-6-15(11-16)20-4-2/h5-7,11,14,18-19H,3-4,8-10,12-13H2,1-2H3. The van der Waals surface area contributed by atoms with E-state index < -0.39 is 0 Å². The average molecular weight is 293 g/mol. The largest absolute Gasteiger partial charge is 0.494 e. The van der Waals surface area contributed by atoms with Crippen molar-refractivity contribution >= 4 is 0 Å². The van der Waals surface area contributed by atoms with E-state index in [0.717, 1.165) is 24.5 Å². The topological polar surface area (TPSA) is 50.7 Å². The number of nitrogens with one attached hydrogen (secondary N) is 1. The highest BCUT2D eigenvalue weighted by Gasteiger charge is 2.45. The van der Waals surface area contributed by atoms with E-state index in [0.29, 0.717) is 19.1 Å². The van der Waals surface area contributed by atoms with Crippen molar-refractivity contribution in [3.05, 3.63) is 24.3 Å². The molecule has 0 amide bonds. The molecule has 0 aliphatic heterocycles. The molecule has 1 unspecified atom stereocenters. The minimum Gasteiger partial charge on any atom is -0.494 e. The summed E-state index contributed by atoms with van der Waals surface area (Å²) in [6.45, 7) is 6.25. The van der Waals surface area contributed by atoms with Gasteiger partial charge >= 0.3 is 0 Å². The van der Waals surface area contributed by atoms with E-state index in [2.05, 4.69) is 12.2 Å². The van der Waals surface area contributed by atoms with Crippen LogP contribution in [0.5, 0.6) is 11.5 Å². The highest BCUT2D eigenvalue weighted by atomic mass is 16.5. The molecular weight excluding hydrogens is 266 g/mol. The first-order chi connectivity index (χ1) is 10.2. The van der Waals surface area contributed by atoms with Crippen LogP contribution in [0, 0.1) is 5.92 Å². The first-order valence-corrected chi connectivity index (χ1v) is 7.95. The van der Waals surface area contributed by atoms with Crippen molar-refractivity contribution in [2.45, 2.75) is 38.6 Å². The van der Waals surface area contributed by atoms with Gasteiger partial charge in [0.15, 0.2) is 0 Å². The summed E-state index contributed by atoms with van der Waals surface area (Å²) in [7, 11) is 0. The fraction of sp³-hybridized carbons (Fsp3) is 0.647. The third-order valence-corrected chi connectivity index (χ3v) is 3.98. The summed E-state index contributed by atoms with van der Waals surface area (Å²) in [4.78, 5) is 0. The lowest BCUT2D eigenvalue weighted by Crippen LogP contribution is -2.55. The smallest absolute Gasteiger partial charge is 0.123 e. The maximum atomic E-state index is 9.86. The van der Waals surface area contributed by atoms with Crippen molar-refractivity contribution in [2.24, 2.45) is 5.92 Å². The number of aliphatic hydroxyl groups is 1. The van der Waals surface area contributed by atoms with E-state index in [-0.39, 0.29) is 12.1 Å². The number of benzene rings is 1. The van der Waals surface area contributed by atoms with Crippen LogP contribution in [0.1, 0.15) is 33.1 Å². The Hall–Kier alpha value is -1.26. The van der Waals surface area contributed by atoms with Crippen molar-refractivity contribution in [1.29, 1.82) is 0 Å². The predicted octanol–water partition coefficient (Wildman–Crippen LogP) is 2.60. The van der Waals surface area contributed by atoms with Gasteiger partial charge in [-0.3, -0.25) is 0 Å². The Morgan fingerprint density at radius 3 is 2.52 bits per heavy atom. The number of ether oxygens (including phenoxy) is 2. The molecule has 0 aromatic heterocycles. The molecular formula is C17H27NO3. The van der Waals surface area contributed by atoms with Crippen molar-refractivity contribution in [1.82, 2.24) is 5.32 Å². The fourth-order valence-corrected chi connectivity index (χ4v) is 2.59. The molecule has 0 bridgehead atoms. The van der Waals surface area contributed by atoms with Crippen LogP contribution in [0.2, 0.25) is 0 Å². The maximum absolute atomic E-state index is 9.86. The lowest BCUT2D eigenvalue weighted by atomic mass is 9.95. The van der Waals surface area contributed by atoms with Crippen molar-refractivity contribution in [2.75, 3.05) is 26.4 Å². The van der Waals surface area contributed by atoms with E-state index >= 15 is 0 Å². The Labute approximate surface area is 127 Å². The van der Waals surface area contributed by atoms with Crippen LogP contribution in [0.25, 0.3) is 0 Å². The lowest BCUT2D eigenvalue weighted by Gasteiger charge is -2.33. The minimum absolute atomic E-state index is 0.114. The van der Waals surface area contributed by atoms with Gasteiger partial charge in [0.1, 0.15) is 18.1 Å². The molecule has 0 saturated heterocycles. The second-order valence-corrected chi connectivity index (χ2v) is 5.71. The highest BCUT2D eigenvalue weighted by Crippen LogP contribution is 2.40. The number of hydrogen-bond acceptors (Lipinski definition) is 4. The molecule has 1 saturated carbocycles. The molecule has 1 aromatic carbocycles. The Morgan fingerprint density at radius 2 is 1.95 bits per heavy atom. The molecule has 2 N–H and O–H groups in total. The normalized spacial score (nSPS) is 17.3. The number of rotatable bonds is 10. The first kappa shape index (κ1) is 16.1. The second kappa shape index (κ2) is 7.66. The summed E-state index contributed by atoms with van der Waals surface area (Å²) < 4.78 is 11.4. The van der Waals surface area contributed by atoms with E-state index in [1.54, 1.807) is 0 Å². The van der Waals surface area contributed by atoms with Gasteiger partial charge in [0.25, 0.3) is 0 Å². The molecule has 2 rings (SSSR count). The lowest BCUT2D eigenvalue weighted by molar-refractivity contribution is 0.0850. The van der Waals surface area contributed by atoms with Gasteiger partial charge in [-0.15, -0.1) is 0 Å². The molecule has 21 heavy (non-hydrogen) atoms. The number of hydrogen-bond donors (Lipinski definition) is 2. The Kier molecular flexibility index (Phi) is 5.88.